The Morgan fingerprint density at radius 2 is 2.31 bits per heavy atom. The van der Waals surface area contributed by atoms with Gasteiger partial charge in [-0.05, 0) is 25.6 Å². The van der Waals surface area contributed by atoms with E-state index >= 15 is 0 Å². The normalized spacial score (nSPS) is 15.5. The lowest BCUT2D eigenvalue weighted by Gasteiger charge is -2.28. The molecule has 0 bridgehead atoms. The molecular weight excluding hydrogens is 182 g/mol. The van der Waals surface area contributed by atoms with Gasteiger partial charge in [-0.3, -0.25) is 10.4 Å². The van der Waals surface area contributed by atoms with Crippen LogP contribution >= 0.6 is 12.6 Å². The predicted octanol–water partition coefficient (Wildman–Crippen LogP) is 1.20. The van der Waals surface area contributed by atoms with Crippen molar-refractivity contribution in [3.05, 3.63) is 24.5 Å². The number of pyridine rings is 1. The van der Waals surface area contributed by atoms with Crippen LogP contribution in [-0.2, 0) is 0 Å². The third-order valence-corrected chi connectivity index (χ3v) is 2.08. The van der Waals surface area contributed by atoms with E-state index in [0.717, 1.165) is 4.90 Å². The molecule has 0 spiro atoms. The van der Waals surface area contributed by atoms with Crippen LogP contribution in [0.4, 0.5) is 0 Å². The Morgan fingerprint density at radius 1 is 1.54 bits per heavy atom. The van der Waals surface area contributed by atoms with Crippen molar-refractivity contribution in [1.29, 1.82) is 0 Å². The van der Waals surface area contributed by atoms with Crippen molar-refractivity contribution >= 4 is 12.6 Å². The Hall–Kier alpha value is -0.580. The van der Waals surface area contributed by atoms with Crippen LogP contribution < -0.4 is 5.43 Å². The van der Waals surface area contributed by atoms with E-state index in [2.05, 4.69) is 28.0 Å². The lowest BCUT2D eigenvalue weighted by atomic mass is 10.3. The van der Waals surface area contributed by atoms with Crippen molar-refractivity contribution in [2.45, 2.75) is 11.3 Å². The number of hydrogen-bond acceptors (Lipinski definition) is 4. The van der Waals surface area contributed by atoms with Crippen molar-refractivity contribution in [2.75, 3.05) is 20.1 Å². The quantitative estimate of drug-likeness (QED) is 0.663. The van der Waals surface area contributed by atoms with Gasteiger partial charge in [0.25, 0.3) is 0 Å². The van der Waals surface area contributed by atoms with Gasteiger partial charge in [0.15, 0.2) is 0 Å². The van der Waals surface area contributed by atoms with Crippen LogP contribution in [0.15, 0.2) is 29.4 Å². The molecule has 2 heterocycles. The average molecular weight is 197 g/mol. The number of aromatic nitrogens is 1. The van der Waals surface area contributed by atoms with Gasteiger partial charge in [-0.1, -0.05) is 0 Å². The van der Waals surface area contributed by atoms with Crippen molar-refractivity contribution in [3.8, 4) is 0 Å². The van der Waals surface area contributed by atoms with E-state index < -0.39 is 0 Å². The first-order valence-electron chi connectivity index (χ1n) is 4.34. The molecule has 1 aromatic rings. The molecule has 0 radical (unpaired) electrons. The number of hydrazine groups is 1. The Balaban J connectivity index is 0.000000132. The molecule has 3 nitrogen and oxygen atoms in total. The molecule has 0 atom stereocenters. The summed E-state index contributed by atoms with van der Waals surface area (Å²) in [5.74, 6) is 0. The zero-order valence-corrected chi connectivity index (χ0v) is 8.67. The van der Waals surface area contributed by atoms with Crippen molar-refractivity contribution in [2.24, 2.45) is 0 Å². The summed E-state index contributed by atoms with van der Waals surface area (Å²) in [6, 6.07) is 3.73. The van der Waals surface area contributed by atoms with Crippen LogP contribution in [0.25, 0.3) is 0 Å². The second kappa shape index (κ2) is 5.96. The minimum absolute atomic E-state index is 0.905. The summed E-state index contributed by atoms with van der Waals surface area (Å²) in [7, 11) is 1.96. The summed E-state index contributed by atoms with van der Waals surface area (Å²) in [6.07, 6.45) is 4.78. The molecule has 1 aliphatic heterocycles. The number of nitrogens with one attached hydrogen (secondary N) is 1. The Labute approximate surface area is 84.5 Å². The molecule has 1 aromatic heterocycles. The van der Waals surface area contributed by atoms with E-state index in [1.54, 1.807) is 12.4 Å². The minimum atomic E-state index is 0.905. The zero-order valence-electron chi connectivity index (χ0n) is 7.77. The minimum Gasteiger partial charge on any atom is -0.264 e. The molecule has 72 valence electrons. The second-order valence-corrected chi connectivity index (χ2v) is 3.29. The highest BCUT2D eigenvalue weighted by atomic mass is 32.1. The van der Waals surface area contributed by atoms with Crippen LogP contribution in [0.3, 0.4) is 0 Å². The summed E-state index contributed by atoms with van der Waals surface area (Å²) in [5, 5.41) is 2.18. The molecule has 4 heteroatoms. The van der Waals surface area contributed by atoms with Gasteiger partial charge >= 0.3 is 0 Å². The van der Waals surface area contributed by atoms with Crippen molar-refractivity contribution in [1.82, 2.24) is 15.4 Å². The Bertz CT molecular complexity index is 221. The summed E-state index contributed by atoms with van der Waals surface area (Å²) < 4.78 is 0. The second-order valence-electron chi connectivity index (χ2n) is 2.78. The number of hydrogen-bond donors (Lipinski definition) is 2. The SMILES string of the molecule is CNN1CCC1.Sc1cccnc1. The number of thiol groups is 1. The topological polar surface area (TPSA) is 28.2 Å². The van der Waals surface area contributed by atoms with E-state index in [-0.39, 0.29) is 0 Å². The number of nitrogens with zero attached hydrogens (tertiary/aromatic N) is 2. The first-order valence-corrected chi connectivity index (χ1v) is 4.79. The van der Waals surface area contributed by atoms with Crippen LogP contribution in [0.1, 0.15) is 6.42 Å². The molecule has 1 N–H and O–H groups in total. The molecule has 13 heavy (non-hydrogen) atoms. The molecule has 2 rings (SSSR count). The standard InChI is InChI=1S/C5H5NS.C4H10N2/c7-5-2-1-3-6-4-5;1-5-6-3-2-4-6/h1-4,7H;5H,2-4H2,1H3. The summed E-state index contributed by atoms with van der Waals surface area (Å²) >= 11 is 4.02. The molecule has 0 saturated carbocycles. The van der Waals surface area contributed by atoms with Gasteiger partial charge in [0.05, 0.1) is 0 Å². The van der Waals surface area contributed by atoms with Crippen LogP contribution in [0.5, 0.6) is 0 Å². The lowest BCUT2D eigenvalue weighted by Crippen LogP contribution is -2.45. The van der Waals surface area contributed by atoms with E-state index in [4.69, 9.17) is 0 Å². The van der Waals surface area contributed by atoms with Gasteiger partial charge in [-0.25, -0.2) is 5.01 Å². The van der Waals surface area contributed by atoms with Crippen LogP contribution in [-0.4, -0.2) is 30.1 Å². The summed E-state index contributed by atoms with van der Waals surface area (Å²) in [6.45, 7) is 2.47. The average Bonchev–Trinajstić information content (AvgIpc) is 2.04. The van der Waals surface area contributed by atoms with E-state index in [9.17, 15) is 0 Å². The predicted molar refractivity (Wildman–Crippen MR) is 56.7 cm³/mol. The molecule has 1 aliphatic rings. The third-order valence-electron chi connectivity index (χ3n) is 1.82. The monoisotopic (exact) mass is 197 g/mol. The van der Waals surface area contributed by atoms with E-state index in [0.29, 0.717) is 0 Å². The van der Waals surface area contributed by atoms with E-state index in [1.165, 1.54) is 19.5 Å². The first-order chi connectivity index (χ1) is 6.33. The highest BCUT2D eigenvalue weighted by Crippen LogP contribution is 1.98. The lowest BCUT2D eigenvalue weighted by molar-refractivity contribution is 0.124. The fraction of sp³-hybridized carbons (Fsp3) is 0.444. The van der Waals surface area contributed by atoms with Crippen LogP contribution in [0, 0.1) is 0 Å². The maximum absolute atomic E-state index is 4.02. The Morgan fingerprint density at radius 3 is 2.46 bits per heavy atom. The highest BCUT2D eigenvalue weighted by molar-refractivity contribution is 7.80. The highest BCUT2D eigenvalue weighted by Gasteiger charge is 2.08. The van der Waals surface area contributed by atoms with Gasteiger partial charge in [-0.15, -0.1) is 12.6 Å². The third kappa shape index (κ3) is 4.26. The maximum atomic E-state index is 4.02. The molecular formula is C9H15N3S. The molecule has 0 amide bonds. The largest absolute Gasteiger partial charge is 0.264 e. The van der Waals surface area contributed by atoms with Crippen LogP contribution in [0.2, 0.25) is 0 Å². The first kappa shape index (κ1) is 10.5. The van der Waals surface area contributed by atoms with Crippen molar-refractivity contribution in [3.63, 3.8) is 0 Å². The molecule has 1 fully saturated rings. The van der Waals surface area contributed by atoms with E-state index in [1.807, 2.05) is 19.2 Å². The molecule has 0 aliphatic carbocycles. The van der Waals surface area contributed by atoms with Crippen molar-refractivity contribution < 1.29 is 0 Å². The fourth-order valence-corrected chi connectivity index (χ4v) is 1.05. The summed E-state index contributed by atoms with van der Waals surface area (Å²) in [5.41, 5.74) is 3.03. The van der Waals surface area contributed by atoms with Gasteiger partial charge in [0, 0.05) is 30.4 Å². The molecule has 1 saturated heterocycles. The van der Waals surface area contributed by atoms with Gasteiger partial charge in [0.1, 0.15) is 0 Å². The molecule has 0 aromatic carbocycles. The van der Waals surface area contributed by atoms with Gasteiger partial charge < -0.3 is 0 Å². The summed E-state index contributed by atoms with van der Waals surface area (Å²) in [4.78, 5) is 4.71. The zero-order chi connectivity index (χ0) is 9.52. The maximum Gasteiger partial charge on any atom is 0.0401 e. The van der Waals surface area contributed by atoms with Gasteiger partial charge in [0.2, 0.25) is 0 Å². The molecule has 0 unspecified atom stereocenters. The Kier molecular flexibility index (Phi) is 4.82. The van der Waals surface area contributed by atoms with Gasteiger partial charge in [-0.2, -0.15) is 0 Å². The smallest absolute Gasteiger partial charge is 0.0401 e. The fourth-order valence-electron chi connectivity index (χ4n) is 0.894. The number of rotatable bonds is 1.